The number of halogens is 4. The zero-order valence-corrected chi connectivity index (χ0v) is 19.3. The molecule has 0 spiro atoms. The van der Waals surface area contributed by atoms with E-state index in [-0.39, 0.29) is 74.2 Å². The van der Waals surface area contributed by atoms with Gasteiger partial charge in [-0.3, -0.25) is 0 Å². The molecule has 26 N–H and O–H groups in total. The number of hydrogen-bond acceptors (Lipinski definition) is 4. The zero-order chi connectivity index (χ0) is 12.6. The molecular formula is C8H26Cl4O14Zn+6. The number of carbonyl (C=O) groups excluding carboxylic acids is 2. The van der Waals surface area contributed by atoms with Crippen LogP contribution in [0.2, 0.25) is 20.1 Å². The predicted octanol–water partition coefficient (Wildman–Crippen LogP) is -7.81. The van der Waals surface area contributed by atoms with E-state index in [0.717, 1.165) is 0 Å². The largest absolute Gasteiger partial charge is 2.00 e. The van der Waals surface area contributed by atoms with Crippen LogP contribution in [0, 0.1) is 0 Å². The fraction of sp³-hybridized carbons (Fsp3) is 0. The van der Waals surface area contributed by atoms with Gasteiger partial charge in [-0.1, -0.05) is 46.4 Å². The number of carboxylic acids is 2. The Bertz CT molecular complexity index is 442. The van der Waals surface area contributed by atoms with E-state index >= 15 is 0 Å². The maximum Gasteiger partial charge on any atom is 2.00 e. The topological polar surface area (TPSA) is 404 Å². The monoisotopic (exact) mass is 550 g/mol. The van der Waals surface area contributed by atoms with Crippen molar-refractivity contribution in [2.24, 2.45) is 0 Å². The van der Waals surface area contributed by atoms with Crippen LogP contribution in [0.5, 0.6) is 0 Å². The van der Waals surface area contributed by atoms with E-state index in [1.807, 2.05) is 0 Å². The van der Waals surface area contributed by atoms with Crippen LogP contribution < -0.4 is 10.2 Å². The van der Waals surface area contributed by atoms with Crippen molar-refractivity contribution in [3.8, 4) is 0 Å². The quantitative estimate of drug-likeness (QED) is 0.195. The average molecular weight is 553 g/mol. The maximum atomic E-state index is 10.7. The van der Waals surface area contributed by atoms with E-state index in [4.69, 9.17) is 46.4 Å². The fourth-order valence-corrected chi connectivity index (χ4v) is 2.15. The van der Waals surface area contributed by atoms with Gasteiger partial charge in [-0.2, -0.15) is 0 Å². The Morgan fingerprint density at radius 1 is 0.519 bits per heavy atom. The second kappa shape index (κ2) is 27.8. The van der Waals surface area contributed by atoms with E-state index in [0.29, 0.717) is 0 Å². The predicted molar refractivity (Wildman–Crippen MR) is 98.8 cm³/mol. The van der Waals surface area contributed by atoms with Gasteiger partial charge in [0.1, 0.15) is 0 Å². The number of aromatic carboxylic acids is 2. The third kappa shape index (κ3) is 14.2. The van der Waals surface area contributed by atoms with Crippen LogP contribution in [-0.4, -0.2) is 33.8 Å². The van der Waals surface area contributed by atoms with E-state index in [1.54, 1.807) is 0 Å². The Kier molecular flexibility index (Phi) is 73.7. The summed E-state index contributed by atoms with van der Waals surface area (Å²) in [6, 6.07) is 0. The molecule has 166 valence electrons. The molecule has 0 unspecified atom stereocenters. The molecule has 0 aliphatic rings. The Morgan fingerprint density at radius 3 is 0.704 bits per heavy atom. The van der Waals surface area contributed by atoms with Crippen molar-refractivity contribution in [1.82, 2.24) is 0 Å². The number of carbonyl (C=O) groups is 2. The normalized spacial score (nSPS) is 6.07. The van der Waals surface area contributed by atoms with Gasteiger partial charge in [0.25, 0.3) is 0 Å². The number of hydrogen-bond donors (Lipinski definition) is 0. The summed E-state index contributed by atoms with van der Waals surface area (Å²) in [4.78, 5) is 21.3. The molecule has 14 nitrogen and oxygen atoms in total. The van der Waals surface area contributed by atoms with Gasteiger partial charge in [0.2, 0.25) is 0 Å². The average Bonchev–Trinajstić information content (AvgIpc) is 2.14. The molecule has 0 heterocycles. The van der Waals surface area contributed by atoms with Crippen LogP contribution in [0.4, 0.5) is 0 Å². The molecule has 0 atom stereocenters. The molecule has 0 aliphatic heterocycles. The van der Waals surface area contributed by atoms with Crippen molar-refractivity contribution in [3.63, 3.8) is 0 Å². The Balaban J connectivity index is -0.0000000259. The molecule has 0 bridgehead atoms. The van der Waals surface area contributed by atoms with Gasteiger partial charge in [0.05, 0.1) is 32.0 Å². The summed E-state index contributed by atoms with van der Waals surface area (Å²) in [5.74, 6) is -3.44. The summed E-state index contributed by atoms with van der Waals surface area (Å²) < 4.78 is 0. The molecule has 0 saturated heterocycles. The van der Waals surface area contributed by atoms with Crippen LogP contribution in [0.25, 0.3) is 0 Å². The van der Waals surface area contributed by atoms with Crippen molar-refractivity contribution in [2.75, 3.05) is 0 Å². The Hall–Kier alpha value is -0.457. The summed E-state index contributed by atoms with van der Waals surface area (Å²) >= 11 is 22.1. The maximum absolute atomic E-state index is 10.7. The molecule has 0 radical (unpaired) electrons. The zero-order valence-electron chi connectivity index (χ0n) is 13.3. The first kappa shape index (κ1) is 71.7. The van der Waals surface area contributed by atoms with Gasteiger partial charge < -0.3 is 74.6 Å². The van der Waals surface area contributed by atoms with E-state index < -0.39 is 43.2 Å². The number of carboxylic acid groups (broad SMARTS) is 2. The molecule has 27 heavy (non-hydrogen) atoms. The molecule has 19 heteroatoms. The SMILES string of the molecule is O.O.O.O.O=C([O-])c1c(Cl)c(Cl)c(C(=O)[O-])c(Cl)c1Cl.[OH3+].[OH3+].[OH3+].[OH3+].[OH3+].[OH3+].[Zn+2]. The van der Waals surface area contributed by atoms with Crippen molar-refractivity contribution in [1.29, 1.82) is 0 Å². The Morgan fingerprint density at radius 2 is 0.630 bits per heavy atom. The first-order chi connectivity index (χ1) is 7.29. The summed E-state index contributed by atoms with van der Waals surface area (Å²) in [5.41, 5.74) is -1.33. The molecule has 0 saturated carbocycles. The van der Waals surface area contributed by atoms with Gasteiger partial charge in [-0.15, -0.1) is 0 Å². The molecule has 1 aromatic rings. The van der Waals surface area contributed by atoms with Crippen molar-refractivity contribution < 1.29 is 94.0 Å². The Labute approximate surface area is 183 Å². The number of rotatable bonds is 2. The molecule has 1 aromatic carbocycles. The van der Waals surface area contributed by atoms with Crippen molar-refractivity contribution in [2.45, 2.75) is 0 Å². The molecule has 0 amide bonds. The molecule has 1 rings (SSSR count). The first-order valence-electron chi connectivity index (χ1n) is 3.57. The van der Waals surface area contributed by atoms with Crippen molar-refractivity contribution in [3.05, 3.63) is 31.2 Å². The van der Waals surface area contributed by atoms with Gasteiger partial charge in [-0.05, 0) is 0 Å². The minimum atomic E-state index is -1.72. The van der Waals surface area contributed by atoms with Crippen LogP contribution in [-0.2, 0) is 52.3 Å². The molecule has 0 aliphatic carbocycles. The third-order valence-corrected chi connectivity index (χ3v) is 3.38. The van der Waals surface area contributed by atoms with E-state index in [1.165, 1.54) is 0 Å². The number of benzene rings is 1. The van der Waals surface area contributed by atoms with Crippen LogP contribution >= 0.6 is 46.4 Å². The van der Waals surface area contributed by atoms with E-state index in [9.17, 15) is 19.8 Å². The first-order valence-corrected chi connectivity index (χ1v) is 5.08. The van der Waals surface area contributed by atoms with Crippen molar-refractivity contribution >= 4 is 58.3 Å². The third-order valence-electron chi connectivity index (χ3n) is 1.67. The molecular weight excluding hydrogens is 527 g/mol. The summed E-state index contributed by atoms with van der Waals surface area (Å²) in [6.45, 7) is 0. The van der Waals surface area contributed by atoms with Gasteiger partial charge in [0, 0.05) is 11.1 Å². The summed E-state index contributed by atoms with van der Waals surface area (Å²) in [7, 11) is 0. The summed E-state index contributed by atoms with van der Waals surface area (Å²) in [6.07, 6.45) is 0. The van der Waals surface area contributed by atoms with Gasteiger partial charge in [0.15, 0.2) is 0 Å². The van der Waals surface area contributed by atoms with Crippen LogP contribution in [0.15, 0.2) is 0 Å². The van der Waals surface area contributed by atoms with Crippen LogP contribution in [0.1, 0.15) is 20.7 Å². The second-order valence-electron chi connectivity index (χ2n) is 2.58. The molecule has 0 fully saturated rings. The summed E-state index contributed by atoms with van der Waals surface area (Å²) in [5, 5.41) is 19.1. The smallest absolute Gasteiger partial charge is 0.545 e. The molecule has 0 aromatic heterocycles. The van der Waals surface area contributed by atoms with Gasteiger partial charge in [-0.25, -0.2) is 0 Å². The van der Waals surface area contributed by atoms with Gasteiger partial charge >= 0.3 is 19.5 Å². The fourth-order valence-electron chi connectivity index (χ4n) is 0.990. The standard InChI is InChI=1S/C8H2Cl4O4.10H2O.Zn/c9-3-1(7(13)14)4(10)6(12)2(5(3)11)8(15)16;;;;;;;;;;;/h(H,13,14)(H,15,16);10*1H2;/q;;;;;;;;;;;+2/p+4. The van der Waals surface area contributed by atoms with E-state index in [2.05, 4.69) is 0 Å². The second-order valence-corrected chi connectivity index (χ2v) is 4.09. The minimum absolute atomic E-state index is 0. The van der Waals surface area contributed by atoms with Crippen LogP contribution in [0.3, 0.4) is 0 Å². The minimum Gasteiger partial charge on any atom is -0.545 e.